The summed E-state index contributed by atoms with van der Waals surface area (Å²) in [5, 5.41) is 3.82. The molecule has 1 aromatic heterocycles. The standard InChI is InChI=1S/C14H21NO/c1-2-8-14(11-4-3-5-11)12-7-10-16-13(12)6-9-15-14/h7,10-11,15H,2-6,8-9H2,1H3. The molecular formula is C14H21NO. The molecule has 0 bridgehead atoms. The van der Waals surface area contributed by atoms with Crippen molar-refractivity contribution in [1.29, 1.82) is 0 Å². The fourth-order valence-electron chi connectivity index (χ4n) is 3.51. The molecule has 1 aromatic rings. The first kappa shape index (κ1) is 10.4. The van der Waals surface area contributed by atoms with E-state index in [9.17, 15) is 0 Å². The Morgan fingerprint density at radius 2 is 2.38 bits per heavy atom. The molecule has 0 spiro atoms. The highest BCUT2D eigenvalue weighted by molar-refractivity contribution is 5.31. The second-order valence-corrected chi connectivity index (χ2v) is 5.28. The van der Waals surface area contributed by atoms with E-state index >= 15 is 0 Å². The molecule has 88 valence electrons. The van der Waals surface area contributed by atoms with Gasteiger partial charge in [0.2, 0.25) is 0 Å². The molecule has 16 heavy (non-hydrogen) atoms. The van der Waals surface area contributed by atoms with Crippen LogP contribution < -0.4 is 5.32 Å². The first-order valence-electron chi connectivity index (χ1n) is 6.68. The van der Waals surface area contributed by atoms with Crippen LogP contribution >= 0.6 is 0 Å². The zero-order chi connectivity index (χ0) is 11.0. The van der Waals surface area contributed by atoms with Crippen LogP contribution in [0.4, 0.5) is 0 Å². The molecule has 2 heteroatoms. The second kappa shape index (κ2) is 3.92. The van der Waals surface area contributed by atoms with Crippen LogP contribution in [0, 0.1) is 5.92 Å². The van der Waals surface area contributed by atoms with Crippen LogP contribution in [0.15, 0.2) is 16.7 Å². The van der Waals surface area contributed by atoms with Crippen molar-refractivity contribution in [3.63, 3.8) is 0 Å². The molecular weight excluding hydrogens is 198 g/mol. The molecule has 0 amide bonds. The van der Waals surface area contributed by atoms with Crippen LogP contribution in [0.5, 0.6) is 0 Å². The fourth-order valence-corrected chi connectivity index (χ4v) is 3.51. The lowest BCUT2D eigenvalue weighted by atomic mass is 9.64. The summed E-state index contributed by atoms with van der Waals surface area (Å²) in [4.78, 5) is 0. The Morgan fingerprint density at radius 1 is 1.50 bits per heavy atom. The van der Waals surface area contributed by atoms with Gasteiger partial charge in [0.05, 0.1) is 6.26 Å². The van der Waals surface area contributed by atoms with E-state index in [0.29, 0.717) is 0 Å². The largest absolute Gasteiger partial charge is 0.469 e. The SMILES string of the molecule is CCCC1(C2CCC2)NCCc2occc21. The highest BCUT2D eigenvalue weighted by Crippen LogP contribution is 2.47. The lowest BCUT2D eigenvalue weighted by Crippen LogP contribution is -2.53. The lowest BCUT2D eigenvalue weighted by Gasteiger charge is -2.48. The quantitative estimate of drug-likeness (QED) is 0.844. The molecule has 2 aliphatic rings. The Bertz CT molecular complexity index is 367. The zero-order valence-corrected chi connectivity index (χ0v) is 10.1. The predicted molar refractivity (Wildman–Crippen MR) is 64.3 cm³/mol. The van der Waals surface area contributed by atoms with E-state index in [1.807, 2.05) is 6.26 Å². The third-order valence-electron chi connectivity index (χ3n) is 4.46. The molecule has 0 aromatic carbocycles. The monoisotopic (exact) mass is 219 g/mol. The van der Waals surface area contributed by atoms with Gasteiger partial charge in [-0.25, -0.2) is 0 Å². The van der Waals surface area contributed by atoms with Gasteiger partial charge in [-0.3, -0.25) is 0 Å². The van der Waals surface area contributed by atoms with Gasteiger partial charge in [-0.1, -0.05) is 19.8 Å². The van der Waals surface area contributed by atoms with Crippen molar-refractivity contribution in [3.8, 4) is 0 Å². The predicted octanol–water partition coefficient (Wildman–Crippen LogP) is 3.22. The summed E-state index contributed by atoms with van der Waals surface area (Å²) >= 11 is 0. The molecule has 0 radical (unpaired) electrons. The highest BCUT2D eigenvalue weighted by atomic mass is 16.3. The van der Waals surface area contributed by atoms with Crippen molar-refractivity contribution in [1.82, 2.24) is 5.32 Å². The summed E-state index contributed by atoms with van der Waals surface area (Å²) < 4.78 is 5.64. The Kier molecular flexibility index (Phi) is 2.55. The van der Waals surface area contributed by atoms with E-state index in [-0.39, 0.29) is 5.54 Å². The lowest BCUT2D eigenvalue weighted by molar-refractivity contribution is 0.104. The van der Waals surface area contributed by atoms with Gasteiger partial charge in [0.1, 0.15) is 5.76 Å². The zero-order valence-electron chi connectivity index (χ0n) is 10.1. The minimum atomic E-state index is 0.244. The third kappa shape index (κ3) is 1.36. The highest BCUT2D eigenvalue weighted by Gasteiger charge is 2.45. The summed E-state index contributed by atoms with van der Waals surface area (Å²) in [5.41, 5.74) is 1.71. The second-order valence-electron chi connectivity index (χ2n) is 5.28. The molecule has 1 aliphatic heterocycles. The Balaban J connectivity index is 2.00. The van der Waals surface area contributed by atoms with Crippen molar-refractivity contribution >= 4 is 0 Å². The van der Waals surface area contributed by atoms with Crippen LogP contribution in [-0.4, -0.2) is 6.54 Å². The van der Waals surface area contributed by atoms with Gasteiger partial charge < -0.3 is 9.73 Å². The van der Waals surface area contributed by atoms with Crippen molar-refractivity contribution in [2.24, 2.45) is 5.92 Å². The summed E-state index contributed by atoms with van der Waals surface area (Å²) in [6.45, 7) is 3.37. The summed E-state index contributed by atoms with van der Waals surface area (Å²) in [7, 11) is 0. The number of furan rings is 1. The average molecular weight is 219 g/mol. The first-order chi connectivity index (χ1) is 7.87. The maximum atomic E-state index is 5.64. The minimum absolute atomic E-state index is 0.244. The van der Waals surface area contributed by atoms with Crippen molar-refractivity contribution in [3.05, 3.63) is 23.7 Å². The van der Waals surface area contributed by atoms with Crippen LogP contribution in [0.25, 0.3) is 0 Å². The van der Waals surface area contributed by atoms with Gasteiger partial charge in [-0.05, 0) is 31.2 Å². The van der Waals surface area contributed by atoms with Gasteiger partial charge in [0.25, 0.3) is 0 Å². The van der Waals surface area contributed by atoms with Crippen LogP contribution in [0.2, 0.25) is 0 Å². The minimum Gasteiger partial charge on any atom is -0.469 e. The van der Waals surface area contributed by atoms with Crippen molar-refractivity contribution in [2.75, 3.05) is 6.54 Å². The molecule has 2 heterocycles. The Morgan fingerprint density at radius 3 is 3.06 bits per heavy atom. The molecule has 0 saturated heterocycles. The number of hydrogen-bond acceptors (Lipinski definition) is 2. The molecule has 1 aliphatic carbocycles. The number of nitrogens with one attached hydrogen (secondary N) is 1. The van der Waals surface area contributed by atoms with E-state index in [1.54, 1.807) is 0 Å². The Hall–Kier alpha value is -0.760. The van der Waals surface area contributed by atoms with E-state index in [1.165, 1.54) is 43.4 Å². The van der Waals surface area contributed by atoms with E-state index in [2.05, 4.69) is 18.3 Å². The Labute approximate surface area is 97.4 Å². The molecule has 2 nitrogen and oxygen atoms in total. The van der Waals surface area contributed by atoms with E-state index < -0.39 is 0 Å². The maximum Gasteiger partial charge on any atom is 0.110 e. The normalized spacial score (nSPS) is 29.8. The topological polar surface area (TPSA) is 25.2 Å². The van der Waals surface area contributed by atoms with Gasteiger partial charge in [-0.15, -0.1) is 0 Å². The first-order valence-corrected chi connectivity index (χ1v) is 6.68. The summed E-state index contributed by atoms with van der Waals surface area (Å²) in [6.07, 6.45) is 9.61. The summed E-state index contributed by atoms with van der Waals surface area (Å²) in [5.74, 6) is 2.07. The van der Waals surface area contributed by atoms with Crippen LogP contribution in [0.3, 0.4) is 0 Å². The van der Waals surface area contributed by atoms with E-state index in [4.69, 9.17) is 4.42 Å². The smallest absolute Gasteiger partial charge is 0.110 e. The average Bonchev–Trinajstić information content (AvgIpc) is 2.64. The molecule has 1 fully saturated rings. The number of rotatable bonds is 3. The van der Waals surface area contributed by atoms with E-state index in [0.717, 1.165) is 18.9 Å². The van der Waals surface area contributed by atoms with Crippen molar-refractivity contribution in [2.45, 2.75) is 51.0 Å². The van der Waals surface area contributed by atoms with Crippen LogP contribution in [0.1, 0.15) is 50.4 Å². The van der Waals surface area contributed by atoms with Gasteiger partial charge in [0.15, 0.2) is 0 Å². The molecule has 3 rings (SSSR count). The van der Waals surface area contributed by atoms with Gasteiger partial charge >= 0.3 is 0 Å². The summed E-state index contributed by atoms with van der Waals surface area (Å²) in [6, 6.07) is 2.20. The maximum absolute atomic E-state index is 5.64. The fraction of sp³-hybridized carbons (Fsp3) is 0.714. The molecule has 1 N–H and O–H groups in total. The number of fused-ring (bicyclic) bond motifs is 1. The number of hydrogen-bond donors (Lipinski definition) is 1. The molecule has 1 atom stereocenters. The third-order valence-corrected chi connectivity index (χ3v) is 4.46. The van der Waals surface area contributed by atoms with Gasteiger partial charge in [0, 0.05) is 24.1 Å². The molecule has 1 saturated carbocycles. The van der Waals surface area contributed by atoms with Crippen molar-refractivity contribution < 1.29 is 4.42 Å². The van der Waals surface area contributed by atoms with Gasteiger partial charge in [-0.2, -0.15) is 0 Å². The van der Waals surface area contributed by atoms with Crippen LogP contribution in [-0.2, 0) is 12.0 Å². The molecule has 1 unspecified atom stereocenters.